The lowest BCUT2D eigenvalue weighted by Gasteiger charge is -2.10. The summed E-state index contributed by atoms with van der Waals surface area (Å²) < 4.78 is 41.7. The van der Waals surface area contributed by atoms with E-state index in [9.17, 15) is 17.6 Å². The number of carbonyl (C=O) groups is 1. The first kappa shape index (κ1) is 20.3. The van der Waals surface area contributed by atoms with Crippen LogP contribution in [-0.4, -0.2) is 14.3 Å². The molecule has 9 heteroatoms. The summed E-state index contributed by atoms with van der Waals surface area (Å²) in [4.78, 5) is 12.4. The van der Waals surface area contributed by atoms with E-state index < -0.39 is 21.7 Å². The summed E-state index contributed by atoms with van der Waals surface area (Å²) in [5, 5.41) is 2.66. The second-order valence-electron chi connectivity index (χ2n) is 5.72. The van der Waals surface area contributed by atoms with Gasteiger partial charge < -0.3 is 5.32 Å². The second-order valence-corrected chi connectivity index (χ2v) is 8.75. The van der Waals surface area contributed by atoms with Crippen LogP contribution >= 0.6 is 27.5 Å². The molecule has 0 saturated heterocycles. The van der Waals surface area contributed by atoms with E-state index in [0.29, 0.717) is 0 Å². The molecule has 144 valence electrons. The molecular weight excluding hydrogens is 471 g/mol. The standard InChI is InChI=1S/C19H13BrClFN2O3S/c20-13-3-8-16(9-4-13)28(26,27)24-15-6-1-12(2-7-15)19(25)23-18-10-5-14(21)11-17(18)22/h1-11,24H,(H,23,25). The molecule has 1 amide bonds. The highest BCUT2D eigenvalue weighted by molar-refractivity contribution is 9.10. The van der Waals surface area contributed by atoms with Gasteiger partial charge in [-0.05, 0) is 66.7 Å². The lowest BCUT2D eigenvalue weighted by atomic mass is 10.2. The molecule has 0 aliphatic heterocycles. The third-order valence-corrected chi connectivity index (χ3v) is 5.86. The molecule has 0 saturated carbocycles. The molecule has 0 fully saturated rings. The maximum atomic E-state index is 13.8. The molecule has 0 aliphatic carbocycles. The van der Waals surface area contributed by atoms with Crippen molar-refractivity contribution < 1.29 is 17.6 Å². The van der Waals surface area contributed by atoms with Crippen LogP contribution in [0.25, 0.3) is 0 Å². The van der Waals surface area contributed by atoms with Crippen molar-refractivity contribution in [3.05, 3.63) is 87.6 Å². The topological polar surface area (TPSA) is 75.3 Å². The molecule has 3 aromatic rings. The minimum absolute atomic E-state index is 0.00517. The molecule has 0 atom stereocenters. The average Bonchev–Trinajstić information content (AvgIpc) is 2.64. The number of hydrogen-bond acceptors (Lipinski definition) is 3. The fourth-order valence-electron chi connectivity index (χ4n) is 2.30. The first-order valence-corrected chi connectivity index (χ1v) is 10.5. The van der Waals surface area contributed by atoms with Gasteiger partial charge >= 0.3 is 0 Å². The van der Waals surface area contributed by atoms with Gasteiger partial charge in [-0.3, -0.25) is 9.52 Å². The molecule has 0 spiro atoms. The van der Waals surface area contributed by atoms with Crippen LogP contribution in [0.3, 0.4) is 0 Å². The Kier molecular flexibility index (Phi) is 6.02. The highest BCUT2D eigenvalue weighted by Gasteiger charge is 2.15. The summed E-state index contributed by atoms with van der Waals surface area (Å²) in [5.41, 5.74) is 0.521. The molecule has 3 aromatic carbocycles. The normalized spacial score (nSPS) is 11.1. The summed E-state index contributed by atoms with van der Waals surface area (Å²) >= 11 is 8.93. The Morgan fingerprint density at radius 2 is 1.61 bits per heavy atom. The van der Waals surface area contributed by atoms with Crippen LogP contribution in [0.4, 0.5) is 15.8 Å². The predicted molar refractivity (Wildman–Crippen MR) is 111 cm³/mol. The van der Waals surface area contributed by atoms with Crippen molar-refractivity contribution in [2.75, 3.05) is 10.0 Å². The van der Waals surface area contributed by atoms with Crippen molar-refractivity contribution in [3.8, 4) is 0 Å². The summed E-state index contributed by atoms with van der Waals surface area (Å²) in [6, 6.07) is 15.9. The van der Waals surface area contributed by atoms with Crippen molar-refractivity contribution in [2.24, 2.45) is 0 Å². The molecule has 0 aliphatic rings. The fourth-order valence-corrected chi connectivity index (χ4v) is 3.78. The van der Waals surface area contributed by atoms with E-state index in [0.717, 1.165) is 10.5 Å². The Labute approximate surface area is 174 Å². The van der Waals surface area contributed by atoms with Gasteiger partial charge in [0.25, 0.3) is 15.9 Å². The van der Waals surface area contributed by atoms with Crippen LogP contribution < -0.4 is 10.0 Å². The van der Waals surface area contributed by atoms with Gasteiger partial charge in [0.1, 0.15) is 5.82 Å². The number of anilines is 2. The minimum atomic E-state index is -3.75. The Morgan fingerprint density at radius 1 is 0.964 bits per heavy atom. The van der Waals surface area contributed by atoms with Gasteiger partial charge in [-0.25, -0.2) is 12.8 Å². The minimum Gasteiger partial charge on any atom is -0.319 e. The largest absolute Gasteiger partial charge is 0.319 e. The van der Waals surface area contributed by atoms with Crippen LogP contribution in [0.2, 0.25) is 5.02 Å². The van der Waals surface area contributed by atoms with E-state index in [1.165, 1.54) is 48.5 Å². The van der Waals surface area contributed by atoms with Crippen molar-refractivity contribution in [2.45, 2.75) is 4.90 Å². The van der Waals surface area contributed by atoms with E-state index >= 15 is 0 Å². The zero-order chi connectivity index (χ0) is 20.3. The monoisotopic (exact) mass is 482 g/mol. The first-order valence-electron chi connectivity index (χ1n) is 7.89. The second kappa shape index (κ2) is 8.30. The van der Waals surface area contributed by atoms with Crippen LogP contribution in [-0.2, 0) is 10.0 Å². The molecule has 2 N–H and O–H groups in total. The zero-order valence-electron chi connectivity index (χ0n) is 14.1. The molecule has 28 heavy (non-hydrogen) atoms. The Bertz CT molecular complexity index is 1120. The number of benzene rings is 3. The third-order valence-electron chi connectivity index (χ3n) is 3.70. The Morgan fingerprint density at radius 3 is 2.21 bits per heavy atom. The van der Waals surface area contributed by atoms with E-state index in [1.54, 1.807) is 12.1 Å². The van der Waals surface area contributed by atoms with Gasteiger partial charge in [-0.15, -0.1) is 0 Å². The molecule has 0 heterocycles. The van der Waals surface area contributed by atoms with E-state index in [1.807, 2.05) is 0 Å². The van der Waals surface area contributed by atoms with Crippen LogP contribution in [0.1, 0.15) is 10.4 Å². The summed E-state index contributed by atoms with van der Waals surface area (Å²) in [5.74, 6) is -1.19. The van der Waals surface area contributed by atoms with E-state index in [2.05, 4.69) is 26.0 Å². The van der Waals surface area contributed by atoms with Crippen molar-refractivity contribution in [3.63, 3.8) is 0 Å². The van der Waals surface area contributed by atoms with Gasteiger partial charge in [0.2, 0.25) is 0 Å². The van der Waals surface area contributed by atoms with Gasteiger partial charge in [-0.1, -0.05) is 27.5 Å². The van der Waals surface area contributed by atoms with E-state index in [-0.39, 0.29) is 26.9 Å². The van der Waals surface area contributed by atoms with Crippen molar-refractivity contribution >= 4 is 54.8 Å². The summed E-state index contributed by atoms with van der Waals surface area (Å²) in [6.07, 6.45) is 0. The molecule has 0 bridgehead atoms. The number of hydrogen-bond donors (Lipinski definition) is 2. The smallest absolute Gasteiger partial charge is 0.261 e. The first-order chi connectivity index (χ1) is 13.2. The quantitative estimate of drug-likeness (QED) is 0.517. The molecule has 5 nitrogen and oxygen atoms in total. The van der Waals surface area contributed by atoms with Gasteiger partial charge in [0, 0.05) is 20.7 Å². The van der Waals surface area contributed by atoms with Crippen molar-refractivity contribution in [1.82, 2.24) is 0 Å². The maximum Gasteiger partial charge on any atom is 0.261 e. The number of carbonyl (C=O) groups excluding carboxylic acids is 1. The Balaban J connectivity index is 1.72. The lowest BCUT2D eigenvalue weighted by molar-refractivity contribution is 0.102. The number of halogens is 3. The molecule has 0 aromatic heterocycles. The Hall–Kier alpha value is -2.42. The fraction of sp³-hybridized carbons (Fsp3) is 0. The maximum absolute atomic E-state index is 13.8. The van der Waals surface area contributed by atoms with Gasteiger partial charge in [0.05, 0.1) is 10.6 Å². The van der Waals surface area contributed by atoms with Crippen LogP contribution in [0.5, 0.6) is 0 Å². The summed E-state index contributed by atoms with van der Waals surface area (Å²) in [6.45, 7) is 0. The highest BCUT2D eigenvalue weighted by atomic mass is 79.9. The third kappa shape index (κ3) is 4.89. The SMILES string of the molecule is O=C(Nc1ccc(Cl)cc1F)c1ccc(NS(=O)(=O)c2ccc(Br)cc2)cc1. The number of amides is 1. The van der Waals surface area contributed by atoms with Gasteiger partial charge in [0.15, 0.2) is 0 Å². The molecular formula is C19H13BrClFN2O3S. The lowest BCUT2D eigenvalue weighted by Crippen LogP contribution is -2.14. The molecule has 3 rings (SSSR count). The van der Waals surface area contributed by atoms with Crippen LogP contribution in [0.15, 0.2) is 76.1 Å². The number of nitrogens with one attached hydrogen (secondary N) is 2. The van der Waals surface area contributed by atoms with Gasteiger partial charge in [-0.2, -0.15) is 0 Å². The zero-order valence-corrected chi connectivity index (χ0v) is 17.3. The van der Waals surface area contributed by atoms with E-state index in [4.69, 9.17) is 11.6 Å². The molecule has 0 radical (unpaired) electrons. The average molecular weight is 484 g/mol. The predicted octanol–water partition coefficient (Wildman–Crippen LogP) is 5.29. The number of sulfonamides is 1. The van der Waals surface area contributed by atoms with Crippen LogP contribution in [0, 0.1) is 5.82 Å². The summed E-state index contributed by atoms with van der Waals surface area (Å²) in [7, 11) is -3.75. The molecule has 0 unspecified atom stereocenters. The van der Waals surface area contributed by atoms with Crippen molar-refractivity contribution in [1.29, 1.82) is 0 Å². The number of rotatable bonds is 5. The highest BCUT2D eigenvalue weighted by Crippen LogP contribution is 2.21.